The summed E-state index contributed by atoms with van der Waals surface area (Å²) in [5.41, 5.74) is 0. The zero-order valence-corrected chi connectivity index (χ0v) is 11.5. The van der Waals surface area contributed by atoms with Gasteiger partial charge >= 0.3 is 5.97 Å². The van der Waals surface area contributed by atoms with Crippen LogP contribution in [0.1, 0.15) is 32.1 Å². The minimum Gasteiger partial charge on any atom is -0.480 e. The van der Waals surface area contributed by atoms with Crippen LogP contribution in [0.5, 0.6) is 0 Å². The molecule has 2 aliphatic rings. The Bertz CT molecular complexity index is 430. The average molecular weight is 292 g/mol. The van der Waals surface area contributed by atoms with Gasteiger partial charge in [0.1, 0.15) is 6.04 Å². The van der Waals surface area contributed by atoms with Gasteiger partial charge in [0.25, 0.3) is 10.2 Å². The normalized spacial score (nSPS) is 31.2. The Balaban J connectivity index is 2.19. The molecule has 0 aromatic carbocycles. The Hall–Kier alpha value is -0.700. The lowest BCUT2D eigenvalue weighted by Gasteiger charge is -2.28. The van der Waals surface area contributed by atoms with Crippen LogP contribution in [0.2, 0.25) is 0 Å². The molecule has 2 unspecified atom stereocenters. The van der Waals surface area contributed by atoms with Gasteiger partial charge < -0.3 is 10.2 Å². The number of hydrogen-bond donors (Lipinski definition) is 2. The van der Waals surface area contributed by atoms with E-state index < -0.39 is 28.3 Å². The first kappa shape index (κ1) is 14.7. The number of carbonyl (C=O) groups is 1. The Morgan fingerprint density at radius 1 is 1.11 bits per heavy atom. The van der Waals surface area contributed by atoms with Crippen LogP contribution in [0.15, 0.2) is 0 Å². The third-order valence-corrected chi connectivity index (χ3v) is 5.72. The number of carboxylic acid groups (broad SMARTS) is 1. The van der Waals surface area contributed by atoms with Crippen LogP contribution in [0.4, 0.5) is 0 Å². The second-order valence-corrected chi connectivity index (χ2v) is 7.02. The first-order valence-electron chi connectivity index (χ1n) is 6.60. The quantitative estimate of drug-likeness (QED) is 0.739. The van der Waals surface area contributed by atoms with Crippen molar-refractivity contribution in [1.82, 2.24) is 8.61 Å². The maximum absolute atomic E-state index is 12.5. The topological polar surface area (TPSA) is 98.1 Å². The molecule has 0 aromatic rings. The number of β-amino-alcohol motifs (C(OH)–C–C–N with tert-alkyl or cyclic N) is 1. The van der Waals surface area contributed by atoms with Crippen LogP contribution in [0.3, 0.4) is 0 Å². The van der Waals surface area contributed by atoms with E-state index in [1.807, 2.05) is 0 Å². The molecule has 2 fully saturated rings. The molecule has 0 aliphatic carbocycles. The summed E-state index contributed by atoms with van der Waals surface area (Å²) in [6.07, 6.45) is 2.65. The van der Waals surface area contributed by atoms with E-state index in [4.69, 9.17) is 5.11 Å². The number of carboxylic acids is 1. The van der Waals surface area contributed by atoms with E-state index in [9.17, 15) is 18.3 Å². The molecule has 0 bridgehead atoms. The molecule has 0 saturated carbocycles. The Morgan fingerprint density at radius 3 is 2.21 bits per heavy atom. The predicted octanol–water partition coefficient (Wildman–Crippen LogP) is -0.373. The molecule has 8 heteroatoms. The van der Waals surface area contributed by atoms with Crippen molar-refractivity contribution in [3.8, 4) is 0 Å². The number of nitrogens with zero attached hydrogens (tertiary/aromatic N) is 2. The second-order valence-electron chi connectivity index (χ2n) is 5.13. The molecule has 2 N–H and O–H groups in total. The Labute approximate surface area is 113 Å². The van der Waals surface area contributed by atoms with Crippen LogP contribution >= 0.6 is 0 Å². The maximum Gasteiger partial charge on any atom is 0.322 e. The van der Waals surface area contributed by atoms with Crippen molar-refractivity contribution >= 4 is 16.2 Å². The van der Waals surface area contributed by atoms with Crippen LogP contribution in [-0.4, -0.2) is 65.0 Å². The fraction of sp³-hybridized carbons (Fsp3) is 0.909. The molecule has 110 valence electrons. The van der Waals surface area contributed by atoms with Gasteiger partial charge in [0.05, 0.1) is 6.10 Å². The Morgan fingerprint density at radius 2 is 1.68 bits per heavy atom. The molecular weight excluding hydrogens is 272 g/mol. The number of aliphatic hydroxyl groups excluding tert-OH is 1. The van der Waals surface area contributed by atoms with Crippen LogP contribution in [0.25, 0.3) is 0 Å². The van der Waals surface area contributed by atoms with Gasteiger partial charge in [0, 0.05) is 26.1 Å². The van der Waals surface area contributed by atoms with Crippen LogP contribution in [0, 0.1) is 0 Å². The van der Waals surface area contributed by atoms with Crippen LogP contribution < -0.4 is 0 Å². The SMILES string of the molecule is O=C(O)C1CC(O)CN1S(=O)(=O)N1CCCCCC1. The summed E-state index contributed by atoms with van der Waals surface area (Å²) in [5.74, 6) is -1.20. The maximum atomic E-state index is 12.5. The lowest BCUT2D eigenvalue weighted by atomic mass is 10.2. The number of hydrogen-bond acceptors (Lipinski definition) is 4. The van der Waals surface area contributed by atoms with Crippen molar-refractivity contribution < 1.29 is 23.4 Å². The van der Waals surface area contributed by atoms with Crippen molar-refractivity contribution in [3.05, 3.63) is 0 Å². The first-order chi connectivity index (χ1) is 8.93. The summed E-state index contributed by atoms with van der Waals surface area (Å²) in [6, 6.07) is -1.15. The molecule has 2 aliphatic heterocycles. The van der Waals surface area contributed by atoms with E-state index in [0.29, 0.717) is 13.1 Å². The fourth-order valence-corrected chi connectivity index (χ4v) is 4.56. The zero-order chi connectivity index (χ0) is 14.0. The van der Waals surface area contributed by atoms with Crippen molar-refractivity contribution in [1.29, 1.82) is 0 Å². The van der Waals surface area contributed by atoms with Crippen LogP contribution in [-0.2, 0) is 15.0 Å². The fourth-order valence-electron chi connectivity index (χ4n) is 2.68. The van der Waals surface area contributed by atoms with Crippen molar-refractivity contribution in [2.24, 2.45) is 0 Å². The average Bonchev–Trinajstić information content (AvgIpc) is 2.58. The van der Waals surface area contributed by atoms with Gasteiger partial charge in [-0.05, 0) is 12.8 Å². The van der Waals surface area contributed by atoms with E-state index in [-0.39, 0.29) is 13.0 Å². The van der Waals surface area contributed by atoms with E-state index in [1.165, 1.54) is 4.31 Å². The van der Waals surface area contributed by atoms with Gasteiger partial charge in [-0.25, -0.2) is 0 Å². The number of rotatable bonds is 3. The summed E-state index contributed by atoms with van der Waals surface area (Å²) >= 11 is 0. The lowest BCUT2D eigenvalue weighted by molar-refractivity contribution is -0.140. The molecule has 0 aromatic heterocycles. The standard InChI is InChI=1S/C11H20N2O5S/c14-9-7-10(11(15)16)13(8-9)19(17,18)12-5-3-1-2-4-6-12/h9-10,14H,1-8H2,(H,15,16). The molecule has 2 saturated heterocycles. The largest absolute Gasteiger partial charge is 0.480 e. The third-order valence-electron chi connectivity index (χ3n) is 3.71. The molecule has 0 radical (unpaired) electrons. The summed E-state index contributed by atoms with van der Waals surface area (Å²) in [6.45, 7) is 0.734. The summed E-state index contributed by atoms with van der Waals surface area (Å²) in [7, 11) is -3.79. The molecule has 2 atom stereocenters. The number of aliphatic carboxylic acids is 1. The monoisotopic (exact) mass is 292 g/mol. The molecule has 7 nitrogen and oxygen atoms in total. The highest BCUT2D eigenvalue weighted by Crippen LogP contribution is 2.25. The molecular formula is C11H20N2O5S. The van der Waals surface area contributed by atoms with E-state index in [2.05, 4.69) is 0 Å². The van der Waals surface area contributed by atoms with Gasteiger partial charge in [-0.2, -0.15) is 17.0 Å². The second kappa shape index (κ2) is 5.74. The van der Waals surface area contributed by atoms with Gasteiger partial charge in [0.2, 0.25) is 0 Å². The summed E-state index contributed by atoms with van der Waals surface area (Å²) < 4.78 is 27.2. The highest BCUT2D eigenvalue weighted by Gasteiger charge is 2.45. The predicted molar refractivity (Wildman–Crippen MR) is 67.7 cm³/mol. The minimum absolute atomic E-state index is 0.0393. The Kier molecular flexibility index (Phi) is 4.44. The molecule has 0 spiro atoms. The lowest BCUT2D eigenvalue weighted by Crippen LogP contribution is -2.48. The van der Waals surface area contributed by atoms with E-state index in [0.717, 1.165) is 30.0 Å². The van der Waals surface area contributed by atoms with Crippen molar-refractivity contribution in [3.63, 3.8) is 0 Å². The summed E-state index contributed by atoms with van der Waals surface area (Å²) in [4.78, 5) is 11.1. The first-order valence-corrected chi connectivity index (χ1v) is 8.00. The molecule has 2 rings (SSSR count). The van der Waals surface area contributed by atoms with Gasteiger partial charge in [-0.1, -0.05) is 12.8 Å². The number of aliphatic hydroxyl groups is 1. The zero-order valence-electron chi connectivity index (χ0n) is 10.7. The highest BCUT2D eigenvalue weighted by molar-refractivity contribution is 7.86. The van der Waals surface area contributed by atoms with Crippen molar-refractivity contribution in [2.45, 2.75) is 44.2 Å². The highest BCUT2D eigenvalue weighted by atomic mass is 32.2. The molecule has 2 heterocycles. The smallest absolute Gasteiger partial charge is 0.322 e. The van der Waals surface area contributed by atoms with Crippen molar-refractivity contribution in [2.75, 3.05) is 19.6 Å². The van der Waals surface area contributed by atoms with E-state index in [1.54, 1.807) is 0 Å². The third kappa shape index (κ3) is 3.07. The van der Waals surface area contributed by atoms with Gasteiger partial charge in [-0.15, -0.1) is 0 Å². The summed E-state index contributed by atoms with van der Waals surface area (Å²) in [5, 5.41) is 18.6. The molecule has 19 heavy (non-hydrogen) atoms. The minimum atomic E-state index is -3.79. The molecule has 0 amide bonds. The van der Waals surface area contributed by atoms with Gasteiger partial charge in [-0.3, -0.25) is 4.79 Å². The van der Waals surface area contributed by atoms with Gasteiger partial charge in [0.15, 0.2) is 0 Å². The van der Waals surface area contributed by atoms with E-state index >= 15 is 0 Å².